The Morgan fingerprint density at radius 1 is 1.50 bits per heavy atom. The van der Waals surface area contributed by atoms with E-state index in [1.165, 1.54) is 0 Å². The summed E-state index contributed by atoms with van der Waals surface area (Å²) < 4.78 is 0.906. The number of aryl methyl sites for hydroxylation is 1. The first-order chi connectivity index (χ1) is 6.56. The van der Waals surface area contributed by atoms with Crippen LogP contribution in [0.15, 0.2) is 22.7 Å². The van der Waals surface area contributed by atoms with E-state index in [0.717, 1.165) is 28.4 Å². The molecule has 0 aromatic heterocycles. The molecule has 2 rings (SSSR count). The Bertz CT molecular complexity index is 394. The summed E-state index contributed by atoms with van der Waals surface area (Å²) >= 11 is 3.41. The molecule has 1 aliphatic rings. The number of carboxylic acids is 1. The lowest BCUT2D eigenvalue weighted by Gasteiger charge is -2.12. The molecular formula is C11H11BrO2. The molecule has 0 radical (unpaired) electrons. The third-order valence-corrected chi connectivity index (χ3v) is 3.49. The molecule has 1 N–H and O–H groups in total. The molecule has 1 aromatic carbocycles. The molecule has 0 saturated heterocycles. The van der Waals surface area contributed by atoms with Crippen molar-refractivity contribution in [3.63, 3.8) is 0 Å². The van der Waals surface area contributed by atoms with Gasteiger partial charge < -0.3 is 5.11 Å². The van der Waals surface area contributed by atoms with Gasteiger partial charge in [-0.2, -0.15) is 0 Å². The fraction of sp³-hybridized carbons (Fsp3) is 0.364. The molecule has 0 aliphatic heterocycles. The van der Waals surface area contributed by atoms with Crippen LogP contribution in [0.4, 0.5) is 0 Å². The lowest BCUT2D eigenvalue weighted by Crippen LogP contribution is -2.20. The van der Waals surface area contributed by atoms with Gasteiger partial charge in [0.2, 0.25) is 0 Å². The van der Waals surface area contributed by atoms with E-state index < -0.39 is 11.4 Å². The maximum atomic E-state index is 11.1. The van der Waals surface area contributed by atoms with Gasteiger partial charge in [-0.15, -0.1) is 0 Å². The van der Waals surface area contributed by atoms with Gasteiger partial charge in [0.1, 0.15) is 0 Å². The number of carboxylic acid groups (broad SMARTS) is 1. The standard InChI is InChI=1S/C11H11BrO2/c1-7-2-3-9(12)8(6-7)11(4-5-11)10(13)14/h2-3,6H,4-5H2,1H3,(H,13,14). The van der Waals surface area contributed by atoms with Crippen LogP contribution >= 0.6 is 15.9 Å². The van der Waals surface area contributed by atoms with E-state index in [4.69, 9.17) is 5.11 Å². The third kappa shape index (κ3) is 1.36. The van der Waals surface area contributed by atoms with Crippen LogP contribution in [0, 0.1) is 6.92 Å². The fourth-order valence-corrected chi connectivity index (χ4v) is 2.36. The normalized spacial score (nSPS) is 17.9. The van der Waals surface area contributed by atoms with Gasteiger partial charge >= 0.3 is 5.97 Å². The Morgan fingerprint density at radius 2 is 2.14 bits per heavy atom. The lowest BCUT2D eigenvalue weighted by molar-refractivity contribution is -0.140. The number of benzene rings is 1. The summed E-state index contributed by atoms with van der Waals surface area (Å²) in [6.45, 7) is 1.98. The second-order valence-electron chi connectivity index (χ2n) is 3.87. The molecule has 1 saturated carbocycles. The topological polar surface area (TPSA) is 37.3 Å². The van der Waals surface area contributed by atoms with Crippen molar-refractivity contribution in [2.75, 3.05) is 0 Å². The van der Waals surface area contributed by atoms with Crippen LogP contribution in [-0.2, 0) is 10.2 Å². The maximum absolute atomic E-state index is 11.1. The number of carbonyl (C=O) groups is 1. The Balaban J connectivity index is 2.51. The van der Waals surface area contributed by atoms with E-state index in [0.29, 0.717) is 0 Å². The van der Waals surface area contributed by atoms with Crippen LogP contribution < -0.4 is 0 Å². The van der Waals surface area contributed by atoms with Crippen molar-refractivity contribution in [1.82, 2.24) is 0 Å². The maximum Gasteiger partial charge on any atom is 0.314 e. The van der Waals surface area contributed by atoms with Crippen molar-refractivity contribution in [2.24, 2.45) is 0 Å². The van der Waals surface area contributed by atoms with E-state index in [-0.39, 0.29) is 0 Å². The molecule has 1 aromatic rings. The first-order valence-corrected chi connectivity index (χ1v) is 5.35. The number of rotatable bonds is 2. The molecular weight excluding hydrogens is 244 g/mol. The summed E-state index contributed by atoms with van der Waals surface area (Å²) in [6.07, 6.45) is 1.51. The Morgan fingerprint density at radius 3 is 2.64 bits per heavy atom. The molecule has 2 nitrogen and oxygen atoms in total. The van der Waals surface area contributed by atoms with Crippen LogP contribution in [0.1, 0.15) is 24.0 Å². The summed E-state index contributed by atoms with van der Waals surface area (Å²) in [7, 11) is 0. The van der Waals surface area contributed by atoms with E-state index >= 15 is 0 Å². The predicted octanol–water partition coefficient (Wildman–Crippen LogP) is 2.87. The van der Waals surface area contributed by atoms with Gasteiger partial charge in [0.15, 0.2) is 0 Å². The van der Waals surface area contributed by atoms with Crippen molar-refractivity contribution < 1.29 is 9.90 Å². The average Bonchev–Trinajstić information content (AvgIpc) is 2.90. The van der Waals surface area contributed by atoms with Gasteiger partial charge in [0, 0.05) is 4.47 Å². The number of hydrogen-bond acceptors (Lipinski definition) is 1. The van der Waals surface area contributed by atoms with Gasteiger partial charge in [0.25, 0.3) is 0 Å². The molecule has 0 bridgehead atoms. The van der Waals surface area contributed by atoms with Crippen LogP contribution in [-0.4, -0.2) is 11.1 Å². The fourth-order valence-electron chi connectivity index (χ4n) is 1.73. The molecule has 0 spiro atoms. The van der Waals surface area contributed by atoms with Crippen LogP contribution in [0.3, 0.4) is 0 Å². The minimum absolute atomic E-state index is 0.606. The quantitative estimate of drug-likeness (QED) is 0.882. The summed E-state index contributed by atoms with van der Waals surface area (Å²) in [6, 6.07) is 5.87. The monoisotopic (exact) mass is 254 g/mol. The highest BCUT2D eigenvalue weighted by molar-refractivity contribution is 9.10. The first-order valence-electron chi connectivity index (χ1n) is 4.56. The zero-order valence-electron chi connectivity index (χ0n) is 7.88. The SMILES string of the molecule is Cc1ccc(Br)c(C2(C(=O)O)CC2)c1. The predicted molar refractivity (Wildman–Crippen MR) is 57.4 cm³/mol. The summed E-state index contributed by atoms with van der Waals surface area (Å²) in [5.41, 5.74) is 1.42. The number of hydrogen-bond donors (Lipinski definition) is 1. The molecule has 1 fully saturated rings. The Kier molecular flexibility index (Phi) is 2.14. The van der Waals surface area contributed by atoms with Gasteiger partial charge in [-0.05, 0) is 31.4 Å². The molecule has 3 heteroatoms. The molecule has 14 heavy (non-hydrogen) atoms. The first kappa shape index (κ1) is 9.71. The Hall–Kier alpha value is -0.830. The lowest BCUT2D eigenvalue weighted by atomic mass is 9.95. The number of aliphatic carboxylic acids is 1. The third-order valence-electron chi connectivity index (χ3n) is 2.80. The molecule has 1 aliphatic carbocycles. The van der Waals surface area contributed by atoms with Crippen molar-refractivity contribution in [1.29, 1.82) is 0 Å². The zero-order valence-corrected chi connectivity index (χ0v) is 9.47. The highest BCUT2D eigenvalue weighted by Crippen LogP contribution is 2.50. The van der Waals surface area contributed by atoms with Gasteiger partial charge in [0.05, 0.1) is 5.41 Å². The van der Waals surface area contributed by atoms with E-state index in [1.807, 2.05) is 25.1 Å². The highest BCUT2D eigenvalue weighted by atomic mass is 79.9. The van der Waals surface area contributed by atoms with Crippen molar-refractivity contribution >= 4 is 21.9 Å². The largest absolute Gasteiger partial charge is 0.481 e. The molecule has 0 heterocycles. The smallest absolute Gasteiger partial charge is 0.314 e. The van der Waals surface area contributed by atoms with Crippen LogP contribution in [0.5, 0.6) is 0 Å². The van der Waals surface area contributed by atoms with E-state index in [1.54, 1.807) is 0 Å². The van der Waals surface area contributed by atoms with Gasteiger partial charge in [-0.1, -0.05) is 33.6 Å². The van der Waals surface area contributed by atoms with Crippen molar-refractivity contribution in [3.05, 3.63) is 33.8 Å². The molecule has 0 unspecified atom stereocenters. The molecule has 74 valence electrons. The minimum Gasteiger partial charge on any atom is -0.481 e. The summed E-state index contributed by atoms with van der Waals surface area (Å²) in [5, 5.41) is 9.15. The average molecular weight is 255 g/mol. The van der Waals surface area contributed by atoms with E-state index in [9.17, 15) is 4.79 Å². The number of halogens is 1. The Labute approximate surface area is 91.1 Å². The van der Waals surface area contributed by atoms with Crippen molar-refractivity contribution in [2.45, 2.75) is 25.2 Å². The van der Waals surface area contributed by atoms with E-state index in [2.05, 4.69) is 15.9 Å². The van der Waals surface area contributed by atoms with Gasteiger partial charge in [-0.25, -0.2) is 0 Å². The minimum atomic E-state index is -0.705. The molecule has 0 amide bonds. The second-order valence-corrected chi connectivity index (χ2v) is 4.72. The highest BCUT2D eigenvalue weighted by Gasteiger charge is 2.52. The zero-order chi connectivity index (χ0) is 10.3. The summed E-state index contributed by atoms with van der Waals surface area (Å²) in [4.78, 5) is 11.1. The van der Waals surface area contributed by atoms with Crippen LogP contribution in [0.2, 0.25) is 0 Å². The van der Waals surface area contributed by atoms with Crippen molar-refractivity contribution in [3.8, 4) is 0 Å². The van der Waals surface area contributed by atoms with Gasteiger partial charge in [-0.3, -0.25) is 4.79 Å². The second kappa shape index (κ2) is 3.09. The molecule has 0 atom stereocenters. The summed E-state index contributed by atoms with van der Waals surface area (Å²) in [5.74, 6) is -0.705. The van der Waals surface area contributed by atoms with Crippen LogP contribution in [0.25, 0.3) is 0 Å².